The van der Waals surface area contributed by atoms with Crippen molar-refractivity contribution in [1.82, 2.24) is 4.90 Å². The van der Waals surface area contributed by atoms with E-state index in [9.17, 15) is 0 Å². The molecule has 1 atom stereocenters. The van der Waals surface area contributed by atoms with E-state index in [0.29, 0.717) is 0 Å². The molecule has 1 aliphatic rings. The molecule has 1 unspecified atom stereocenters. The highest BCUT2D eigenvalue weighted by atomic mass is 79.9. The first-order valence-electron chi connectivity index (χ1n) is 7.31. The van der Waals surface area contributed by atoms with Gasteiger partial charge < -0.3 is 4.74 Å². The van der Waals surface area contributed by atoms with Crippen molar-refractivity contribution in [1.29, 1.82) is 0 Å². The van der Waals surface area contributed by atoms with Crippen molar-refractivity contribution in [3.05, 3.63) is 62.8 Å². The standard InChI is InChI=1S/C18H16BrNOS.ClH/c1-20-10-17(14-8-9-22-18(14)11-20)21-16-7-6-15(19)12-4-2-3-5-13(12)16;/h2-9,17H,10-11H2,1H3;1H. The molecule has 0 saturated carbocycles. The van der Waals surface area contributed by atoms with Gasteiger partial charge in [0.25, 0.3) is 0 Å². The van der Waals surface area contributed by atoms with Gasteiger partial charge in [0.2, 0.25) is 0 Å². The fourth-order valence-electron chi connectivity index (χ4n) is 3.05. The zero-order chi connectivity index (χ0) is 15.1. The van der Waals surface area contributed by atoms with Gasteiger partial charge in [0.1, 0.15) is 11.9 Å². The van der Waals surface area contributed by atoms with E-state index in [-0.39, 0.29) is 18.5 Å². The number of thiophene rings is 1. The van der Waals surface area contributed by atoms with Crippen molar-refractivity contribution in [2.75, 3.05) is 13.6 Å². The molecule has 0 N–H and O–H groups in total. The first kappa shape index (κ1) is 16.8. The van der Waals surface area contributed by atoms with Crippen LogP contribution in [0.25, 0.3) is 10.8 Å². The molecule has 0 radical (unpaired) electrons. The Morgan fingerprint density at radius 2 is 1.91 bits per heavy atom. The molecule has 0 saturated heterocycles. The van der Waals surface area contributed by atoms with Crippen LogP contribution in [0.5, 0.6) is 5.75 Å². The van der Waals surface area contributed by atoms with Crippen LogP contribution >= 0.6 is 39.7 Å². The van der Waals surface area contributed by atoms with E-state index in [0.717, 1.165) is 28.7 Å². The number of hydrogen-bond acceptors (Lipinski definition) is 3. The summed E-state index contributed by atoms with van der Waals surface area (Å²) in [5, 5.41) is 4.51. The fourth-order valence-corrected chi connectivity index (χ4v) is 4.54. The minimum atomic E-state index is 0. The largest absolute Gasteiger partial charge is 0.484 e. The molecule has 23 heavy (non-hydrogen) atoms. The van der Waals surface area contributed by atoms with Crippen molar-refractivity contribution in [2.45, 2.75) is 12.6 Å². The third kappa shape index (κ3) is 3.13. The molecule has 1 aromatic heterocycles. The van der Waals surface area contributed by atoms with Crippen LogP contribution in [0.3, 0.4) is 0 Å². The molecule has 0 fully saturated rings. The Morgan fingerprint density at radius 1 is 1.13 bits per heavy atom. The molecule has 120 valence electrons. The summed E-state index contributed by atoms with van der Waals surface area (Å²) in [5.74, 6) is 0.955. The predicted molar refractivity (Wildman–Crippen MR) is 103 cm³/mol. The van der Waals surface area contributed by atoms with E-state index < -0.39 is 0 Å². The second-order valence-corrected chi connectivity index (χ2v) is 7.55. The molecular weight excluding hydrogens is 394 g/mol. The van der Waals surface area contributed by atoms with Gasteiger partial charge >= 0.3 is 0 Å². The van der Waals surface area contributed by atoms with Crippen molar-refractivity contribution < 1.29 is 4.74 Å². The number of benzene rings is 2. The Bertz CT molecular complexity index is 835. The summed E-state index contributed by atoms with van der Waals surface area (Å²) in [6, 6.07) is 14.7. The minimum absolute atomic E-state index is 0. The topological polar surface area (TPSA) is 12.5 Å². The van der Waals surface area contributed by atoms with Crippen LogP contribution in [-0.4, -0.2) is 18.5 Å². The first-order valence-corrected chi connectivity index (χ1v) is 8.98. The second-order valence-electron chi connectivity index (χ2n) is 5.69. The van der Waals surface area contributed by atoms with Crippen LogP contribution in [0.4, 0.5) is 0 Å². The molecule has 0 aliphatic carbocycles. The van der Waals surface area contributed by atoms with Gasteiger partial charge in [-0.2, -0.15) is 0 Å². The maximum Gasteiger partial charge on any atom is 0.137 e. The fraction of sp³-hybridized carbons (Fsp3) is 0.222. The van der Waals surface area contributed by atoms with Crippen molar-refractivity contribution in [3.63, 3.8) is 0 Å². The highest BCUT2D eigenvalue weighted by molar-refractivity contribution is 9.10. The Morgan fingerprint density at radius 3 is 2.74 bits per heavy atom. The third-order valence-corrected chi connectivity index (χ3v) is 5.73. The minimum Gasteiger partial charge on any atom is -0.484 e. The highest BCUT2D eigenvalue weighted by Crippen LogP contribution is 2.37. The Labute approximate surface area is 154 Å². The summed E-state index contributed by atoms with van der Waals surface area (Å²) in [4.78, 5) is 3.74. The molecule has 0 spiro atoms. The zero-order valence-corrected chi connectivity index (χ0v) is 15.9. The Balaban J connectivity index is 0.00000156. The quantitative estimate of drug-likeness (QED) is 0.541. The average molecular weight is 411 g/mol. The average Bonchev–Trinajstić information content (AvgIpc) is 2.98. The highest BCUT2D eigenvalue weighted by Gasteiger charge is 2.26. The number of fused-ring (bicyclic) bond motifs is 2. The molecule has 5 heteroatoms. The van der Waals surface area contributed by atoms with Crippen LogP contribution in [0, 0.1) is 0 Å². The number of nitrogens with zero attached hydrogens (tertiary/aromatic N) is 1. The van der Waals surface area contributed by atoms with Crippen LogP contribution < -0.4 is 4.74 Å². The van der Waals surface area contributed by atoms with Crippen molar-refractivity contribution in [2.24, 2.45) is 0 Å². The maximum atomic E-state index is 6.42. The molecule has 0 bridgehead atoms. The predicted octanol–water partition coefficient (Wildman–Crippen LogP) is 5.65. The summed E-state index contributed by atoms with van der Waals surface area (Å²) >= 11 is 5.44. The number of hydrogen-bond donors (Lipinski definition) is 0. The van der Waals surface area contributed by atoms with E-state index in [1.54, 1.807) is 0 Å². The van der Waals surface area contributed by atoms with Crippen molar-refractivity contribution >= 4 is 50.4 Å². The lowest BCUT2D eigenvalue weighted by Crippen LogP contribution is -2.32. The van der Waals surface area contributed by atoms with Crippen LogP contribution in [0.2, 0.25) is 0 Å². The van der Waals surface area contributed by atoms with Crippen LogP contribution in [0.1, 0.15) is 16.5 Å². The van der Waals surface area contributed by atoms with Gasteiger partial charge in [0, 0.05) is 33.4 Å². The van der Waals surface area contributed by atoms with E-state index in [4.69, 9.17) is 4.74 Å². The van der Waals surface area contributed by atoms with Gasteiger partial charge in [-0.05, 0) is 36.0 Å². The van der Waals surface area contributed by atoms with E-state index in [2.05, 4.69) is 75.7 Å². The van der Waals surface area contributed by atoms with Gasteiger partial charge in [-0.15, -0.1) is 23.7 Å². The van der Waals surface area contributed by atoms with E-state index in [1.165, 1.54) is 15.8 Å². The van der Waals surface area contributed by atoms with Crippen LogP contribution in [-0.2, 0) is 6.54 Å². The van der Waals surface area contributed by atoms with Crippen LogP contribution in [0.15, 0.2) is 52.3 Å². The number of ether oxygens (including phenoxy) is 1. The van der Waals surface area contributed by atoms with E-state index in [1.807, 2.05) is 11.3 Å². The first-order chi connectivity index (χ1) is 10.7. The molecule has 1 aliphatic heterocycles. The molecular formula is C18H17BrClNOS. The zero-order valence-electron chi connectivity index (χ0n) is 12.7. The molecule has 4 rings (SSSR count). The lowest BCUT2D eigenvalue weighted by molar-refractivity contribution is 0.132. The molecule has 2 heterocycles. The number of likely N-dealkylation sites (N-methyl/N-ethyl adjacent to an activating group) is 1. The molecule has 2 nitrogen and oxygen atoms in total. The number of rotatable bonds is 2. The smallest absolute Gasteiger partial charge is 0.137 e. The molecule has 3 aromatic rings. The van der Waals surface area contributed by atoms with Crippen molar-refractivity contribution in [3.8, 4) is 5.75 Å². The lowest BCUT2D eigenvalue weighted by atomic mass is 10.1. The Kier molecular flexibility index (Phi) is 4.97. The van der Waals surface area contributed by atoms with Gasteiger partial charge in [0.15, 0.2) is 0 Å². The summed E-state index contributed by atoms with van der Waals surface area (Å²) in [6.07, 6.45) is 0.101. The van der Waals surface area contributed by atoms with Gasteiger partial charge in [-0.25, -0.2) is 0 Å². The second kappa shape index (κ2) is 6.81. The summed E-state index contributed by atoms with van der Waals surface area (Å²) < 4.78 is 7.53. The summed E-state index contributed by atoms with van der Waals surface area (Å²) in [5.41, 5.74) is 1.34. The SMILES string of the molecule is CN1Cc2sccc2C(Oc2ccc(Br)c3ccccc23)C1.Cl. The maximum absolute atomic E-state index is 6.42. The van der Waals surface area contributed by atoms with Gasteiger partial charge in [-0.3, -0.25) is 4.90 Å². The lowest BCUT2D eigenvalue weighted by Gasteiger charge is -2.30. The van der Waals surface area contributed by atoms with Gasteiger partial charge in [-0.1, -0.05) is 40.2 Å². The monoisotopic (exact) mass is 409 g/mol. The number of halogens is 2. The summed E-state index contributed by atoms with van der Waals surface area (Å²) in [7, 11) is 2.15. The van der Waals surface area contributed by atoms with E-state index >= 15 is 0 Å². The molecule has 0 amide bonds. The van der Waals surface area contributed by atoms with Gasteiger partial charge in [0.05, 0.1) is 0 Å². The normalized spacial score (nSPS) is 17.6. The molecule has 2 aromatic carbocycles. The summed E-state index contributed by atoms with van der Waals surface area (Å²) in [6.45, 7) is 1.95. The third-order valence-electron chi connectivity index (χ3n) is 4.12. The Hall–Kier alpha value is -1.07.